The van der Waals surface area contributed by atoms with Crippen LogP contribution in [0, 0.1) is 0 Å². The van der Waals surface area contributed by atoms with E-state index in [9.17, 15) is 18.0 Å². The summed E-state index contributed by atoms with van der Waals surface area (Å²) in [5.74, 6) is -0.551. The molecule has 7 heteroatoms. The summed E-state index contributed by atoms with van der Waals surface area (Å²) in [5, 5.41) is 4.22. The molecule has 0 saturated carbocycles. The molecule has 0 aliphatic heterocycles. The zero-order valence-corrected chi connectivity index (χ0v) is 12.0. The van der Waals surface area contributed by atoms with E-state index in [0.29, 0.717) is 0 Å². The fourth-order valence-electron chi connectivity index (χ4n) is 1.52. The molecule has 2 aromatic rings. The smallest absolute Gasteiger partial charge is 0.321 e. The molecule has 0 atom stereocenters. The van der Waals surface area contributed by atoms with Gasteiger partial charge in [-0.25, -0.2) is 0 Å². The summed E-state index contributed by atoms with van der Waals surface area (Å²) in [4.78, 5) is 12.5. The molecule has 0 aliphatic carbocycles. The predicted octanol–water partition coefficient (Wildman–Crippen LogP) is 5.07. The minimum absolute atomic E-state index is 0.0425. The lowest BCUT2D eigenvalue weighted by molar-refractivity contribution is -0.137. The zero-order chi connectivity index (χ0) is 15.5. The van der Waals surface area contributed by atoms with E-state index in [-0.39, 0.29) is 10.7 Å². The standard InChI is InChI=1S/C14H9ClF3NOS/c15-11-5-3-9(14(16,17)18)8-12(11)19-13(20)6-4-10-2-1-7-21-10/h1-8H,(H,19,20)/b6-4+. The summed E-state index contributed by atoms with van der Waals surface area (Å²) < 4.78 is 37.8. The van der Waals surface area contributed by atoms with Gasteiger partial charge in [0, 0.05) is 11.0 Å². The monoisotopic (exact) mass is 331 g/mol. The Morgan fingerprint density at radius 1 is 1.29 bits per heavy atom. The SMILES string of the molecule is O=C(/C=C/c1cccs1)Nc1cc(C(F)(F)F)ccc1Cl. The van der Waals surface area contributed by atoms with Crippen LogP contribution < -0.4 is 5.32 Å². The van der Waals surface area contributed by atoms with Crippen LogP contribution >= 0.6 is 22.9 Å². The van der Waals surface area contributed by atoms with Crippen LogP contribution in [0.3, 0.4) is 0 Å². The molecule has 0 saturated heterocycles. The lowest BCUT2D eigenvalue weighted by Gasteiger charge is -2.10. The van der Waals surface area contributed by atoms with E-state index >= 15 is 0 Å². The van der Waals surface area contributed by atoms with Crippen molar-refractivity contribution >= 4 is 40.6 Å². The average Bonchev–Trinajstić information content (AvgIpc) is 2.91. The number of carbonyl (C=O) groups excluding carboxylic acids is 1. The van der Waals surface area contributed by atoms with Crippen LogP contribution in [0.1, 0.15) is 10.4 Å². The van der Waals surface area contributed by atoms with Crippen LogP contribution in [0.25, 0.3) is 6.08 Å². The molecule has 1 aromatic heterocycles. The van der Waals surface area contributed by atoms with Crippen molar-refractivity contribution in [3.8, 4) is 0 Å². The summed E-state index contributed by atoms with van der Waals surface area (Å²) in [6.45, 7) is 0. The summed E-state index contributed by atoms with van der Waals surface area (Å²) in [6, 6.07) is 6.40. The Morgan fingerprint density at radius 2 is 2.05 bits per heavy atom. The molecule has 2 rings (SSSR count). The van der Waals surface area contributed by atoms with E-state index < -0.39 is 17.6 Å². The lowest BCUT2D eigenvalue weighted by Crippen LogP contribution is -2.10. The second-order valence-electron chi connectivity index (χ2n) is 4.03. The van der Waals surface area contributed by atoms with Crippen molar-refractivity contribution in [2.24, 2.45) is 0 Å². The average molecular weight is 332 g/mol. The summed E-state index contributed by atoms with van der Waals surface area (Å²) in [6.07, 6.45) is -1.68. The van der Waals surface area contributed by atoms with Crippen LogP contribution in [0.4, 0.5) is 18.9 Å². The number of hydrogen-bond donors (Lipinski definition) is 1. The quantitative estimate of drug-likeness (QED) is 0.781. The topological polar surface area (TPSA) is 29.1 Å². The van der Waals surface area contributed by atoms with Crippen LogP contribution in [0.15, 0.2) is 41.8 Å². The van der Waals surface area contributed by atoms with Gasteiger partial charge in [-0.2, -0.15) is 13.2 Å². The highest BCUT2D eigenvalue weighted by Gasteiger charge is 2.31. The number of halogens is 4. The van der Waals surface area contributed by atoms with Gasteiger partial charge in [-0.3, -0.25) is 4.79 Å². The van der Waals surface area contributed by atoms with Crippen molar-refractivity contribution in [3.05, 3.63) is 57.3 Å². The van der Waals surface area contributed by atoms with Crippen LogP contribution in [0.2, 0.25) is 5.02 Å². The first-order valence-electron chi connectivity index (χ1n) is 5.75. The Morgan fingerprint density at radius 3 is 2.67 bits per heavy atom. The maximum absolute atomic E-state index is 12.6. The van der Waals surface area contributed by atoms with Gasteiger partial charge >= 0.3 is 6.18 Å². The van der Waals surface area contributed by atoms with Gasteiger partial charge < -0.3 is 5.32 Å². The molecule has 0 aliphatic rings. The van der Waals surface area contributed by atoms with Gasteiger partial charge in [0.05, 0.1) is 16.3 Å². The second kappa shape index (κ2) is 6.32. The fraction of sp³-hybridized carbons (Fsp3) is 0.0714. The molecule has 1 heterocycles. The molecule has 0 fully saturated rings. The van der Waals surface area contributed by atoms with E-state index in [0.717, 1.165) is 23.1 Å². The van der Waals surface area contributed by atoms with Gasteiger partial charge in [0.25, 0.3) is 0 Å². The van der Waals surface area contributed by atoms with Crippen LogP contribution in [-0.4, -0.2) is 5.91 Å². The predicted molar refractivity (Wildman–Crippen MR) is 78.4 cm³/mol. The summed E-state index contributed by atoms with van der Waals surface area (Å²) >= 11 is 7.22. The summed E-state index contributed by atoms with van der Waals surface area (Å²) in [5.41, 5.74) is -0.947. The number of anilines is 1. The van der Waals surface area contributed by atoms with E-state index in [1.807, 2.05) is 17.5 Å². The van der Waals surface area contributed by atoms with E-state index in [4.69, 9.17) is 11.6 Å². The molecular weight excluding hydrogens is 323 g/mol. The zero-order valence-electron chi connectivity index (χ0n) is 10.4. The number of amides is 1. The van der Waals surface area contributed by atoms with Crippen LogP contribution in [0.5, 0.6) is 0 Å². The Hall–Kier alpha value is -1.79. The largest absolute Gasteiger partial charge is 0.416 e. The van der Waals surface area contributed by atoms with Crippen LogP contribution in [-0.2, 0) is 11.0 Å². The second-order valence-corrected chi connectivity index (χ2v) is 5.42. The minimum atomic E-state index is -4.49. The van der Waals surface area contributed by atoms with Crippen molar-refractivity contribution in [1.29, 1.82) is 0 Å². The van der Waals surface area contributed by atoms with E-state index in [2.05, 4.69) is 5.32 Å². The number of rotatable bonds is 3. The third kappa shape index (κ3) is 4.34. The third-order valence-electron chi connectivity index (χ3n) is 2.49. The highest BCUT2D eigenvalue weighted by atomic mass is 35.5. The molecule has 2 nitrogen and oxygen atoms in total. The molecule has 0 unspecified atom stereocenters. The van der Waals surface area contributed by atoms with Crippen molar-refractivity contribution in [2.45, 2.75) is 6.18 Å². The van der Waals surface area contributed by atoms with Gasteiger partial charge in [0.1, 0.15) is 0 Å². The van der Waals surface area contributed by atoms with Gasteiger partial charge in [0.2, 0.25) is 5.91 Å². The number of nitrogens with one attached hydrogen (secondary N) is 1. The Labute approximate surface area is 127 Å². The molecule has 0 spiro atoms. The highest BCUT2D eigenvalue weighted by molar-refractivity contribution is 7.10. The first kappa shape index (κ1) is 15.6. The Bertz CT molecular complexity index is 665. The minimum Gasteiger partial charge on any atom is -0.321 e. The van der Waals surface area contributed by atoms with Gasteiger partial charge in [-0.15, -0.1) is 11.3 Å². The number of hydrogen-bond acceptors (Lipinski definition) is 2. The molecule has 1 aromatic carbocycles. The molecule has 0 radical (unpaired) electrons. The number of thiophene rings is 1. The molecule has 110 valence electrons. The van der Waals surface area contributed by atoms with E-state index in [1.54, 1.807) is 6.08 Å². The third-order valence-corrected chi connectivity index (χ3v) is 3.66. The maximum atomic E-state index is 12.6. The molecular formula is C14H9ClF3NOS. The Kier molecular flexibility index (Phi) is 4.69. The van der Waals surface area contributed by atoms with Crippen molar-refractivity contribution in [1.82, 2.24) is 0 Å². The summed E-state index contributed by atoms with van der Waals surface area (Å²) in [7, 11) is 0. The number of carbonyl (C=O) groups is 1. The molecule has 1 amide bonds. The van der Waals surface area contributed by atoms with Crippen molar-refractivity contribution < 1.29 is 18.0 Å². The van der Waals surface area contributed by atoms with E-state index in [1.165, 1.54) is 17.4 Å². The van der Waals surface area contributed by atoms with Gasteiger partial charge in [-0.05, 0) is 35.7 Å². The van der Waals surface area contributed by atoms with Crippen molar-refractivity contribution in [2.75, 3.05) is 5.32 Å². The number of benzene rings is 1. The lowest BCUT2D eigenvalue weighted by atomic mass is 10.2. The van der Waals surface area contributed by atoms with Gasteiger partial charge in [-0.1, -0.05) is 17.7 Å². The first-order valence-corrected chi connectivity index (χ1v) is 7.01. The first-order chi connectivity index (χ1) is 9.86. The number of alkyl halides is 3. The Balaban J connectivity index is 2.13. The molecule has 1 N–H and O–H groups in total. The maximum Gasteiger partial charge on any atom is 0.416 e. The normalized spacial score (nSPS) is 11.8. The van der Waals surface area contributed by atoms with Gasteiger partial charge in [0.15, 0.2) is 0 Å². The fourth-order valence-corrected chi connectivity index (χ4v) is 2.30. The van der Waals surface area contributed by atoms with Crippen molar-refractivity contribution in [3.63, 3.8) is 0 Å². The molecule has 0 bridgehead atoms. The molecule has 21 heavy (non-hydrogen) atoms. The highest BCUT2D eigenvalue weighted by Crippen LogP contribution is 2.33.